The van der Waals surface area contributed by atoms with E-state index in [1.165, 1.54) is 6.07 Å². The van der Waals surface area contributed by atoms with E-state index in [4.69, 9.17) is 23.1 Å². The highest BCUT2D eigenvalue weighted by atomic mass is 35.5. The molecule has 0 bridgehead atoms. The summed E-state index contributed by atoms with van der Waals surface area (Å²) < 4.78 is 12.9. The van der Waals surface area contributed by atoms with Crippen LogP contribution < -0.4 is 11.5 Å². The summed E-state index contributed by atoms with van der Waals surface area (Å²) in [7, 11) is 0. The van der Waals surface area contributed by atoms with E-state index in [0.717, 1.165) is 0 Å². The van der Waals surface area contributed by atoms with Gasteiger partial charge < -0.3 is 11.5 Å². The van der Waals surface area contributed by atoms with Crippen molar-refractivity contribution in [1.82, 2.24) is 0 Å². The minimum Gasteiger partial charge on any atom is -0.396 e. The largest absolute Gasteiger partial charge is 0.396 e. The maximum absolute atomic E-state index is 12.9. The van der Waals surface area contributed by atoms with Crippen LogP contribution in [-0.2, 0) is 0 Å². The molecule has 0 aromatic heterocycles. The lowest BCUT2D eigenvalue weighted by molar-refractivity contribution is 0.628. The maximum Gasteiger partial charge on any atom is 0.147 e. The molecule has 4 N–H and O–H groups in total. The van der Waals surface area contributed by atoms with Gasteiger partial charge >= 0.3 is 0 Å². The third-order valence-electron chi connectivity index (χ3n) is 1.62. The highest BCUT2D eigenvalue weighted by Gasteiger charge is 2.09. The van der Waals surface area contributed by atoms with Crippen molar-refractivity contribution in [3.05, 3.63) is 28.5 Å². The van der Waals surface area contributed by atoms with Crippen LogP contribution in [0, 0.1) is 5.82 Å². The zero-order valence-electron chi connectivity index (χ0n) is 6.64. The monoisotopic (exact) mass is 188 g/mol. The Morgan fingerprint density at radius 1 is 1.50 bits per heavy atom. The fraction of sp³-hybridized carbons (Fsp3) is 0.250. The quantitative estimate of drug-likeness (QED) is 0.663. The Balaban J connectivity index is 3.28. The number of anilines is 1. The topological polar surface area (TPSA) is 52.0 Å². The summed E-state index contributed by atoms with van der Waals surface area (Å²) in [6, 6.07) is 2.44. The van der Waals surface area contributed by atoms with E-state index < -0.39 is 5.82 Å². The second-order valence-electron chi connectivity index (χ2n) is 2.68. The van der Waals surface area contributed by atoms with Crippen molar-refractivity contribution >= 4 is 17.3 Å². The standard InChI is InChI=1S/C8H10ClFN2/c1-4(11)6-2-5(9)3-7(10)8(6)12/h2-4H,11-12H2,1H3. The van der Waals surface area contributed by atoms with Crippen LogP contribution in [0.15, 0.2) is 12.1 Å². The van der Waals surface area contributed by atoms with Crippen LogP contribution in [0.2, 0.25) is 5.02 Å². The lowest BCUT2D eigenvalue weighted by atomic mass is 10.1. The molecule has 0 saturated heterocycles. The maximum atomic E-state index is 12.9. The summed E-state index contributed by atoms with van der Waals surface area (Å²) in [6.45, 7) is 1.72. The molecule has 0 spiro atoms. The van der Waals surface area contributed by atoms with Gasteiger partial charge in [-0.25, -0.2) is 4.39 Å². The van der Waals surface area contributed by atoms with Crippen LogP contribution in [0.5, 0.6) is 0 Å². The Labute approximate surface area is 75.3 Å². The van der Waals surface area contributed by atoms with Gasteiger partial charge in [-0.1, -0.05) is 11.6 Å². The number of rotatable bonds is 1. The molecule has 0 heterocycles. The van der Waals surface area contributed by atoms with Crippen molar-refractivity contribution in [2.75, 3.05) is 5.73 Å². The zero-order valence-corrected chi connectivity index (χ0v) is 7.40. The van der Waals surface area contributed by atoms with Gasteiger partial charge in [0.05, 0.1) is 5.69 Å². The van der Waals surface area contributed by atoms with Crippen LogP contribution >= 0.6 is 11.6 Å². The minimum absolute atomic E-state index is 0.0781. The summed E-state index contributed by atoms with van der Waals surface area (Å²) in [6.07, 6.45) is 0. The molecule has 0 saturated carbocycles. The smallest absolute Gasteiger partial charge is 0.147 e. The molecule has 1 atom stereocenters. The first-order chi connectivity index (χ1) is 5.52. The fourth-order valence-electron chi connectivity index (χ4n) is 0.981. The second kappa shape index (κ2) is 3.29. The van der Waals surface area contributed by atoms with Crippen LogP contribution in [0.4, 0.5) is 10.1 Å². The molecule has 1 aromatic rings. The molecule has 1 unspecified atom stereocenters. The van der Waals surface area contributed by atoms with Gasteiger partial charge in [0.1, 0.15) is 5.82 Å². The first kappa shape index (κ1) is 9.29. The van der Waals surface area contributed by atoms with Crippen molar-refractivity contribution < 1.29 is 4.39 Å². The normalized spacial score (nSPS) is 13.0. The van der Waals surface area contributed by atoms with E-state index in [1.54, 1.807) is 13.0 Å². The van der Waals surface area contributed by atoms with Gasteiger partial charge in [-0.2, -0.15) is 0 Å². The predicted octanol–water partition coefficient (Wildman–Crippen LogP) is 2.08. The van der Waals surface area contributed by atoms with Gasteiger partial charge in [-0.3, -0.25) is 0 Å². The Morgan fingerprint density at radius 3 is 2.58 bits per heavy atom. The molecule has 0 fully saturated rings. The Morgan fingerprint density at radius 2 is 2.08 bits per heavy atom. The first-order valence-corrected chi connectivity index (χ1v) is 3.90. The molecule has 12 heavy (non-hydrogen) atoms. The summed E-state index contributed by atoms with van der Waals surface area (Å²) >= 11 is 5.62. The van der Waals surface area contributed by atoms with Crippen molar-refractivity contribution in [2.45, 2.75) is 13.0 Å². The molecular weight excluding hydrogens is 179 g/mol. The highest BCUT2D eigenvalue weighted by Crippen LogP contribution is 2.25. The molecule has 1 aromatic carbocycles. The van der Waals surface area contributed by atoms with E-state index in [2.05, 4.69) is 0 Å². The van der Waals surface area contributed by atoms with Crippen LogP contribution in [0.25, 0.3) is 0 Å². The minimum atomic E-state index is -0.519. The molecule has 0 aliphatic heterocycles. The Bertz CT molecular complexity index is 299. The highest BCUT2D eigenvalue weighted by molar-refractivity contribution is 6.30. The molecule has 4 heteroatoms. The van der Waals surface area contributed by atoms with E-state index in [-0.39, 0.29) is 11.7 Å². The van der Waals surface area contributed by atoms with Crippen molar-refractivity contribution in [3.63, 3.8) is 0 Å². The lowest BCUT2D eigenvalue weighted by Gasteiger charge is -2.10. The molecule has 0 radical (unpaired) electrons. The van der Waals surface area contributed by atoms with E-state index in [9.17, 15) is 4.39 Å². The molecule has 0 amide bonds. The third kappa shape index (κ3) is 1.68. The average Bonchev–Trinajstić information content (AvgIpc) is 1.96. The SMILES string of the molecule is CC(N)c1cc(Cl)cc(F)c1N. The van der Waals surface area contributed by atoms with Gasteiger partial charge in [-0.05, 0) is 24.6 Å². The third-order valence-corrected chi connectivity index (χ3v) is 1.84. The van der Waals surface area contributed by atoms with Gasteiger partial charge in [0, 0.05) is 11.1 Å². The number of halogens is 2. The first-order valence-electron chi connectivity index (χ1n) is 3.52. The summed E-state index contributed by atoms with van der Waals surface area (Å²) in [4.78, 5) is 0. The predicted molar refractivity (Wildman–Crippen MR) is 48.4 cm³/mol. The van der Waals surface area contributed by atoms with Gasteiger partial charge in [0.15, 0.2) is 0 Å². The van der Waals surface area contributed by atoms with Gasteiger partial charge in [-0.15, -0.1) is 0 Å². The van der Waals surface area contributed by atoms with E-state index >= 15 is 0 Å². The lowest BCUT2D eigenvalue weighted by Crippen LogP contribution is -2.09. The van der Waals surface area contributed by atoms with E-state index in [0.29, 0.717) is 10.6 Å². The Kier molecular flexibility index (Phi) is 2.55. The number of hydrogen-bond donors (Lipinski definition) is 2. The summed E-state index contributed by atoms with van der Waals surface area (Å²) in [5, 5.41) is 0.314. The van der Waals surface area contributed by atoms with E-state index in [1.807, 2.05) is 0 Å². The average molecular weight is 189 g/mol. The number of hydrogen-bond acceptors (Lipinski definition) is 2. The van der Waals surface area contributed by atoms with Crippen LogP contribution in [-0.4, -0.2) is 0 Å². The number of nitrogen functional groups attached to an aromatic ring is 1. The molecule has 0 aliphatic rings. The van der Waals surface area contributed by atoms with Crippen molar-refractivity contribution in [2.24, 2.45) is 5.73 Å². The fourth-order valence-corrected chi connectivity index (χ4v) is 1.19. The van der Waals surface area contributed by atoms with Gasteiger partial charge in [0.2, 0.25) is 0 Å². The zero-order chi connectivity index (χ0) is 9.30. The van der Waals surface area contributed by atoms with Crippen LogP contribution in [0.3, 0.4) is 0 Å². The van der Waals surface area contributed by atoms with Gasteiger partial charge in [0.25, 0.3) is 0 Å². The molecule has 66 valence electrons. The second-order valence-corrected chi connectivity index (χ2v) is 3.12. The number of nitrogens with two attached hydrogens (primary N) is 2. The number of benzene rings is 1. The molecule has 2 nitrogen and oxygen atoms in total. The van der Waals surface area contributed by atoms with Crippen molar-refractivity contribution in [3.8, 4) is 0 Å². The Hall–Kier alpha value is -0.800. The molecule has 1 rings (SSSR count). The molecular formula is C8H10ClFN2. The van der Waals surface area contributed by atoms with Crippen molar-refractivity contribution in [1.29, 1.82) is 0 Å². The summed E-state index contributed by atoms with van der Waals surface area (Å²) in [5.74, 6) is -0.519. The molecule has 0 aliphatic carbocycles. The van der Waals surface area contributed by atoms with Crippen LogP contribution in [0.1, 0.15) is 18.5 Å². The summed E-state index contributed by atoms with van der Waals surface area (Å²) in [5.41, 5.74) is 11.6.